The van der Waals surface area contributed by atoms with Crippen LogP contribution in [-0.4, -0.2) is 20.3 Å². The number of hydrogen-bond acceptors (Lipinski definition) is 2. The largest absolute Gasteiger partial charge is 0.340 e. The van der Waals surface area contributed by atoms with E-state index in [9.17, 15) is 4.79 Å². The summed E-state index contributed by atoms with van der Waals surface area (Å²) in [7, 11) is 0. The highest BCUT2D eigenvalue weighted by atomic mass is 16.1. The first-order valence-corrected chi connectivity index (χ1v) is 11.1. The molecule has 1 N–H and O–H groups in total. The molecule has 0 bridgehead atoms. The molecular weight excluding hydrogens is 408 g/mol. The van der Waals surface area contributed by atoms with Gasteiger partial charge in [-0.2, -0.15) is 5.10 Å². The lowest BCUT2D eigenvalue weighted by Crippen LogP contribution is -2.13. The van der Waals surface area contributed by atoms with Crippen LogP contribution in [0.4, 0.5) is 5.82 Å². The number of aromatic nitrogens is 3. The second kappa shape index (κ2) is 8.79. The van der Waals surface area contributed by atoms with Crippen molar-refractivity contribution < 1.29 is 4.79 Å². The normalized spacial score (nSPS) is 11.1. The fraction of sp³-hybridized carbons (Fsp3) is 0.143. The first-order valence-electron chi connectivity index (χ1n) is 11.1. The van der Waals surface area contributed by atoms with Crippen LogP contribution in [0, 0.1) is 13.8 Å². The molecule has 5 nitrogen and oxygen atoms in total. The van der Waals surface area contributed by atoms with E-state index < -0.39 is 0 Å². The second-order valence-electron chi connectivity index (χ2n) is 8.35. The first kappa shape index (κ1) is 20.8. The summed E-state index contributed by atoms with van der Waals surface area (Å²) >= 11 is 0. The average Bonchev–Trinajstić information content (AvgIpc) is 3.37. The number of amides is 1. The van der Waals surface area contributed by atoms with Crippen LogP contribution in [-0.2, 0) is 13.1 Å². The summed E-state index contributed by atoms with van der Waals surface area (Å²) in [6.07, 6.45) is 1.88. The predicted octanol–water partition coefficient (Wildman–Crippen LogP) is 5.80. The van der Waals surface area contributed by atoms with Crippen molar-refractivity contribution in [2.75, 3.05) is 5.32 Å². The van der Waals surface area contributed by atoms with Crippen molar-refractivity contribution in [2.45, 2.75) is 26.9 Å². The quantitative estimate of drug-likeness (QED) is 0.367. The van der Waals surface area contributed by atoms with Gasteiger partial charge in [-0.15, -0.1) is 0 Å². The summed E-state index contributed by atoms with van der Waals surface area (Å²) in [5.41, 5.74) is 6.59. The van der Waals surface area contributed by atoms with Crippen LogP contribution >= 0.6 is 0 Å². The standard InChI is InChI=1S/C28H26N4O/c1-20-21(2)32(19-23-11-7-4-8-12-23)26-14-13-24(17-25(20)26)28(33)29-27-15-16-31(30-27)18-22-9-5-3-6-10-22/h3-17H,18-19H2,1-2H3,(H,29,30,33). The van der Waals surface area contributed by atoms with Crippen molar-refractivity contribution >= 4 is 22.6 Å². The SMILES string of the molecule is Cc1c(C)n(Cc2ccccc2)c2ccc(C(=O)Nc3ccn(Cc4ccccc4)n3)cc12. The smallest absolute Gasteiger partial charge is 0.256 e. The number of hydrogen-bond donors (Lipinski definition) is 1. The molecule has 164 valence electrons. The van der Waals surface area contributed by atoms with E-state index in [0.717, 1.165) is 23.0 Å². The van der Waals surface area contributed by atoms with Crippen molar-refractivity contribution in [3.63, 3.8) is 0 Å². The van der Waals surface area contributed by atoms with Crippen LogP contribution in [0.25, 0.3) is 10.9 Å². The highest BCUT2D eigenvalue weighted by molar-refractivity contribution is 6.06. The Bertz CT molecular complexity index is 1410. The third-order valence-corrected chi connectivity index (χ3v) is 6.15. The maximum Gasteiger partial charge on any atom is 0.256 e. The molecule has 0 aliphatic carbocycles. The second-order valence-corrected chi connectivity index (χ2v) is 8.35. The van der Waals surface area contributed by atoms with Crippen molar-refractivity contribution in [1.29, 1.82) is 0 Å². The van der Waals surface area contributed by atoms with E-state index in [1.807, 2.05) is 59.4 Å². The molecule has 0 unspecified atom stereocenters. The predicted molar refractivity (Wildman–Crippen MR) is 133 cm³/mol. The van der Waals surface area contributed by atoms with Crippen LogP contribution < -0.4 is 5.32 Å². The number of nitrogens with one attached hydrogen (secondary N) is 1. The van der Waals surface area contributed by atoms with Gasteiger partial charge < -0.3 is 9.88 Å². The number of anilines is 1. The Morgan fingerprint density at radius 3 is 2.21 bits per heavy atom. The Hall–Kier alpha value is -4.12. The van der Waals surface area contributed by atoms with Gasteiger partial charge >= 0.3 is 0 Å². The molecule has 1 amide bonds. The van der Waals surface area contributed by atoms with Crippen LogP contribution in [0.5, 0.6) is 0 Å². The van der Waals surface area contributed by atoms with E-state index in [2.05, 4.69) is 65.2 Å². The number of carbonyl (C=O) groups is 1. The Kier molecular flexibility index (Phi) is 5.53. The minimum absolute atomic E-state index is 0.158. The van der Waals surface area contributed by atoms with E-state index >= 15 is 0 Å². The van der Waals surface area contributed by atoms with Gasteiger partial charge in [0.25, 0.3) is 5.91 Å². The first-order chi connectivity index (χ1) is 16.1. The third-order valence-electron chi connectivity index (χ3n) is 6.15. The van der Waals surface area contributed by atoms with E-state index in [1.54, 1.807) is 0 Å². The van der Waals surface area contributed by atoms with E-state index in [1.165, 1.54) is 16.8 Å². The van der Waals surface area contributed by atoms with Gasteiger partial charge in [-0.25, -0.2) is 0 Å². The maximum absolute atomic E-state index is 13.0. The lowest BCUT2D eigenvalue weighted by molar-refractivity contribution is 0.102. The summed E-state index contributed by atoms with van der Waals surface area (Å²) in [4.78, 5) is 13.0. The van der Waals surface area contributed by atoms with E-state index in [4.69, 9.17) is 0 Å². The van der Waals surface area contributed by atoms with Gasteiger partial charge in [0.05, 0.1) is 6.54 Å². The van der Waals surface area contributed by atoms with Gasteiger partial charge in [-0.3, -0.25) is 9.48 Å². The molecule has 5 heteroatoms. The van der Waals surface area contributed by atoms with Gasteiger partial charge in [0.15, 0.2) is 5.82 Å². The fourth-order valence-corrected chi connectivity index (χ4v) is 4.24. The highest BCUT2D eigenvalue weighted by Gasteiger charge is 2.15. The molecule has 5 rings (SSSR count). The van der Waals surface area contributed by atoms with Gasteiger partial charge in [0, 0.05) is 41.0 Å². The van der Waals surface area contributed by atoms with Crippen molar-refractivity contribution in [3.05, 3.63) is 119 Å². The lowest BCUT2D eigenvalue weighted by Gasteiger charge is -2.09. The Labute approximate surface area is 193 Å². The van der Waals surface area contributed by atoms with Gasteiger partial charge in [0.2, 0.25) is 0 Å². The van der Waals surface area contributed by atoms with Gasteiger partial charge in [0.1, 0.15) is 0 Å². The Morgan fingerprint density at radius 1 is 0.848 bits per heavy atom. The lowest BCUT2D eigenvalue weighted by atomic mass is 10.1. The molecule has 5 aromatic rings. The summed E-state index contributed by atoms with van der Waals surface area (Å²) in [5, 5.41) is 8.53. The molecule has 2 aromatic heterocycles. The molecule has 0 radical (unpaired) electrons. The number of nitrogens with zero attached hydrogens (tertiary/aromatic N) is 3. The number of carbonyl (C=O) groups excluding carboxylic acids is 1. The number of benzene rings is 3. The van der Waals surface area contributed by atoms with Crippen LogP contribution in [0.2, 0.25) is 0 Å². The summed E-state index contributed by atoms with van der Waals surface area (Å²) in [5.74, 6) is 0.389. The van der Waals surface area contributed by atoms with Crippen molar-refractivity contribution in [1.82, 2.24) is 14.3 Å². The van der Waals surface area contributed by atoms with E-state index in [0.29, 0.717) is 17.9 Å². The topological polar surface area (TPSA) is 51.9 Å². The highest BCUT2D eigenvalue weighted by Crippen LogP contribution is 2.27. The molecule has 0 aliphatic rings. The number of aryl methyl sites for hydroxylation is 1. The van der Waals surface area contributed by atoms with Crippen molar-refractivity contribution in [2.24, 2.45) is 0 Å². The Balaban J connectivity index is 1.36. The van der Waals surface area contributed by atoms with Crippen LogP contribution in [0.15, 0.2) is 91.1 Å². The minimum Gasteiger partial charge on any atom is -0.340 e. The Morgan fingerprint density at radius 2 is 1.52 bits per heavy atom. The minimum atomic E-state index is -0.158. The molecule has 0 saturated heterocycles. The average molecular weight is 435 g/mol. The molecule has 2 heterocycles. The maximum atomic E-state index is 13.0. The molecule has 33 heavy (non-hydrogen) atoms. The monoisotopic (exact) mass is 434 g/mol. The van der Waals surface area contributed by atoms with E-state index in [-0.39, 0.29) is 5.91 Å². The zero-order valence-corrected chi connectivity index (χ0v) is 18.8. The molecule has 0 fully saturated rings. The van der Waals surface area contributed by atoms with Crippen LogP contribution in [0.1, 0.15) is 32.7 Å². The van der Waals surface area contributed by atoms with Gasteiger partial charge in [-0.1, -0.05) is 60.7 Å². The van der Waals surface area contributed by atoms with Crippen LogP contribution in [0.3, 0.4) is 0 Å². The van der Waals surface area contributed by atoms with Crippen molar-refractivity contribution in [3.8, 4) is 0 Å². The number of fused-ring (bicyclic) bond motifs is 1. The molecule has 0 saturated carbocycles. The molecule has 0 atom stereocenters. The summed E-state index contributed by atoms with van der Waals surface area (Å²) in [6, 6.07) is 28.3. The third kappa shape index (κ3) is 4.30. The molecule has 3 aromatic carbocycles. The van der Waals surface area contributed by atoms with Gasteiger partial charge in [-0.05, 0) is 48.7 Å². The molecule has 0 spiro atoms. The summed E-state index contributed by atoms with van der Waals surface area (Å²) in [6.45, 7) is 5.72. The molecule has 0 aliphatic heterocycles. The zero-order chi connectivity index (χ0) is 22.8. The number of rotatable bonds is 6. The molecular formula is C28H26N4O. The summed E-state index contributed by atoms with van der Waals surface area (Å²) < 4.78 is 4.14. The zero-order valence-electron chi connectivity index (χ0n) is 18.8. The fourth-order valence-electron chi connectivity index (χ4n) is 4.24.